The van der Waals surface area contributed by atoms with E-state index < -0.39 is 0 Å². The molecule has 0 saturated heterocycles. The van der Waals surface area contributed by atoms with E-state index >= 15 is 0 Å². The molecule has 0 spiro atoms. The minimum absolute atomic E-state index is 0.0508. The van der Waals surface area contributed by atoms with Crippen molar-refractivity contribution in [3.8, 4) is 5.75 Å². The highest BCUT2D eigenvalue weighted by Gasteiger charge is 2.05. The van der Waals surface area contributed by atoms with E-state index in [0.717, 1.165) is 9.26 Å². The minimum atomic E-state index is -0.204. The van der Waals surface area contributed by atoms with E-state index in [-0.39, 0.29) is 12.5 Å². The number of rotatable bonds is 4. The van der Waals surface area contributed by atoms with Crippen LogP contribution in [0.15, 0.2) is 42.5 Å². The van der Waals surface area contributed by atoms with E-state index in [9.17, 15) is 4.79 Å². The Morgan fingerprint density at radius 2 is 2.10 bits per heavy atom. The first kappa shape index (κ1) is 15.1. The maximum Gasteiger partial charge on any atom is 0.262 e. The predicted octanol–water partition coefficient (Wildman–Crippen LogP) is 4.27. The molecule has 2 aromatic rings. The van der Waals surface area contributed by atoms with Crippen molar-refractivity contribution in [3.05, 3.63) is 56.6 Å². The SMILES string of the molecule is Cc1ccc(NC(=O)COc2cccc(Cl)c2)cc1I. The summed E-state index contributed by atoms with van der Waals surface area (Å²) in [6.07, 6.45) is 0. The van der Waals surface area contributed by atoms with Gasteiger partial charge >= 0.3 is 0 Å². The predicted molar refractivity (Wildman–Crippen MR) is 89.5 cm³/mol. The van der Waals surface area contributed by atoms with Gasteiger partial charge in [0.2, 0.25) is 0 Å². The molecule has 0 radical (unpaired) electrons. The first-order valence-electron chi connectivity index (χ1n) is 5.99. The number of carbonyl (C=O) groups excluding carboxylic acids is 1. The van der Waals surface area contributed by atoms with Crippen molar-refractivity contribution in [1.29, 1.82) is 0 Å². The van der Waals surface area contributed by atoms with Crippen LogP contribution in [0.5, 0.6) is 5.75 Å². The number of nitrogens with one attached hydrogen (secondary N) is 1. The van der Waals surface area contributed by atoms with Crippen LogP contribution in [0.25, 0.3) is 0 Å². The number of carbonyl (C=O) groups is 1. The third-order valence-electron chi connectivity index (χ3n) is 2.62. The van der Waals surface area contributed by atoms with Crippen LogP contribution in [-0.4, -0.2) is 12.5 Å². The van der Waals surface area contributed by atoms with Crippen LogP contribution < -0.4 is 10.1 Å². The third-order valence-corrected chi connectivity index (χ3v) is 4.02. The molecule has 0 bridgehead atoms. The molecule has 2 aromatic carbocycles. The standard InChI is InChI=1S/C15H13ClINO2/c1-10-5-6-12(8-14(10)17)18-15(19)9-20-13-4-2-3-11(16)7-13/h2-8H,9H2,1H3,(H,18,19). The molecule has 0 fully saturated rings. The van der Waals surface area contributed by atoms with Crippen LogP contribution in [0, 0.1) is 10.5 Å². The van der Waals surface area contributed by atoms with Gasteiger partial charge < -0.3 is 10.1 Å². The normalized spacial score (nSPS) is 10.2. The maximum atomic E-state index is 11.8. The fraction of sp³-hybridized carbons (Fsp3) is 0.133. The number of benzene rings is 2. The highest BCUT2D eigenvalue weighted by atomic mass is 127. The Morgan fingerprint density at radius 1 is 1.30 bits per heavy atom. The van der Waals surface area contributed by atoms with Crippen molar-refractivity contribution in [2.24, 2.45) is 0 Å². The van der Waals surface area contributed by atoms with Gasteiger partial charge in [0.1, 0.15) is 5.75 Å². The highest BCUT2D eigenvalue weighted by molar-refractivity contribution is 14.1. The third kappa shape index (κ3) is 4.38. The van der Waals surface area contributed by atoms with E-state index in [1.807, 2.05) is 25.1 Å². The van der Waals surface area contributed by atoms with Crippen molar-refractivity contribution < 1.29 is 9.53 Å². The van der Waals surface area contributed by atoms with E-state index in [1.165, 1.54) is 5.56 Å². The summed E-state index contributed by atoms with van der Waals surface area (Å²) in [5, 5.41) is 3.37. The van der Waals surface area contributed by atoms with E-state index in [4.69, 9.17) is 16.3 Å². The molecular formula is C15H13ClINO2. The molecule has 2 rings (SSSR count). The van der Waals surface area contributed by atoms with E-state index in [2.05, 4.69) is 27.9 Å². The van der Waals surface area contributed by atoms with Gasteiger partial charge in [-0.2, -0.15) is 0 Å². The van der Waals surface area contributed by atoms with Gasteiger partial charge in [-0.15, -0.1) is 0 Å². The van der Waals surface area contributed by atoms with Gasteiger partial charge in [-0.1, -0.05) is 23.7 Å². The van der Waals surface area contributed by atoms with Crippen molar-refractivity contribution in [3.63, 3.8) is 0 Å². The summed E-state index contributed by atoms with van der Waals surface area (Å²) >= 11 is 8.07. The fourth-order valence-corrected chi connectivity index (χ4v) is 2.27. The average Bonchev–Trinajstić information content (AvgIpc) is 2.41. The van der Waals surface area contributed by atoms with Crippen LogP contribution >= 0.6 is 34.2 Å². The number of hydrogen-bond donors (Lipinski definition) is 1. The zero-order valence-corrected chi connectivity index (χ0v) is 13.7. The second-order valence-electron chi connectivity index (χ2n) is 4.26. The number of anilines is 1. The van der Waals surface area contributed by atoms with E-state index in [1.54, 1.807) is 24.3 Å². The smallest absolute Gasteiger partial charge is 0.262 e. The van der Waals surface area contributed by atoms with Crippen LogP contribution in [0.3, 0.4) is 0 Å². The van der Waals surface area contributed by atoms with Crippen LogP contribution in [0.2, 0.25) is 5.02 Å². The summed E-state index contributed by atoms with van der Waals surface area (Å²) in [4.78, 5) is 11.8. The van der Waals surface area contributed by atoms with Crippen molar-refractivity contribution in [2.45, 2.75) is 6.92 Å². The van der Waals surface area contributed by atoms with Crippen LogP contribution in [-0.2, 0) is 4.79 Å². The zero-order valence-electron chi connectivity index (χ0n) is 10.8. The molecule has 0 aliphatic rings. The van der Waals surface area contributed by atoms with Gasteiger partial charge in [-0.05, 0) is 65.4 Å². The molecule has 1 amide bonds. The first-order valence-corrected chi connectivity index (χ1v) is 7.44. The quantitative estimate of drug-likeness (QED) is 0.777. The molecule has 3 nitrogen and oxygen atoms in total. The van der Waals surface area contributed by atoms with Crippen molar-refractivity contribution in [2.75, 3.05) is 11.9 Å². The molecular weight excluding hydrogens is 389 g/mol. The fourth-order valence-electron chi connectivity index (χ4n) is 1.57. The van der Waals surface area contributed by atoms with Crippen LogP contribution in [0.4, 0.5) is 5.69 Å². The number of hydrogen-bond acceptors (Lipinski definition) is 2. The Balaban J connectivity index is 1.91. The minimum Gasteiger partial charge on any atom is -0.484 e. The molecule has 0 aliphatic heterocycles. The summed E-state index contributed by atoms with van der Waals surface area (Å²) in [5.74, 6) is 0.371. The number of amides is 1. The van der Waals surface area contributed by atoms with Gasteiger partial charge in [-0.25, -0.2) is 0 Å². The molecule has 1 N–H and O–H groups in total. The number of halogens is 2. The zero-order chi connectivity index (χ0) is 14.5. The Labute approximate surface area is 136 Å². The molecule has 0 unspecified atom stereocenters. The summed E-state index contributed by atoms with van der Waals surface area (Å²) in [6, 6.07) is 12.7. The van der Waals surface area contributed by atoms with Crippen molar-refractivity contribution in [1.82, 2.24) is 0 Å². The Kier molecular flexibility index (Phi) is 5.25. The molecule has 5 heteroatoms. The average molecular weight is 402 g/mol. The summed E-state index contributed by atoms with van der Waals surface area (Å²) in [5.41, 5.74) is 1.94. The van der Waals surface area contributed by atoms with Gasteiger partial charge in [0.25, 0.3) is 5.91 Å². The second-order valence-corrected chi connectivity index (χ2v) is 5.86. The van der Waals surface area contributed by atoms with Gasteiger partial charge in [0.05, 0.1) is 0 Å². The molecule has 104 valence electrons. The largest absolute Gasteiger partial charge is 0.484 e. The van der Waals surface area contributed by atoms with Crippen molar-refractivity contribution >= 4 is 45.8 Å². The molecule has 0 aromatic heterocycles. The maximum absolute atomic E-state index is 11.8. The Morgan fingerprint density at radius 3 is 2.80 bits per heavy atom. The topological polar surface area (TPSA) is 38.3 Å². The summed E-state index contributed by atoms with van der Waals surface area (Å²) in [6.45, 7) is 1.97. The van der Waals surface area contributed by atoms with Gasteiger partial charge in [0.15, 0.2) is 6.61 Å². The lowest BCUT2D eigenvalue weighted by atomic mass is 10.2. The number of ether oxygens (including phenoxy) is 1. The molecule has 0 aliphatic carbocycles. The lowest BCUT2D eigenvalue weighted by Gasteiger charge is -2.08. The van der Waals surface area contributed by atoms with Crippen LogP contribution in [0.1, 0.15) is 5.56 Å². The molecule has 20 heavy (non-hydrogen) atoms. The Hall–Kier alpha value is -1.27. The van der Waals surface area contributed by atoms with Gasteiger partial charge in [-0.3, -0.25) is 4.79 Å². The molecule has 0 saturated carbocycles. The molecule has 0 atom stereocenters. The lowest BCUT2D eigenvalue weighted by molar-refractivity contribution is -0.118. The lowest BCUT2D eigenvalue weighted by Crippen LogP contribution is -2.20. The first-order chi connectivity index (χ1) is 9.54. The monoisotopic (exact) mass is 401 g/mol. The van der Waals surface area contributed by atoms with Gasteiger partial charge in [0, 0.05) is 14.3 Å². The summed E-state index contributed by atoms with van der Waals surface area (Å²) in [7, 11) is 0. The summed E-state index contributed by atoms with van der Waals surface area (Å²) < 4.78 is 6.48. The van der Waals surface area contributed by atoms with E-state index in [0.29, 0.717) is 10.8 Å². The second kappa shape index (κ2) is 6.95. The highest BCUT2D eigenvalue weighted by Crippen LogP contribution is 2.18. The molecule has 0 heterocycles. The number of aryl methyl sites for hydroxylation is 1. The Bertz CT molecular complexity index is 631.